The molecule has 1 unspecified atom stereocenters. The van der Waals surface area contributed by atoms with Crippen LogP contribution in [-0.2, 0) is 12.6 Å². The van der Waals surface area contributed by atoms with E-state index in [1.807, 2.05) is 0 Å². The van der Waals surface area contributed by atoms with Gasteiger partial charge in [-0.15, -0.1) is 0 Å². The highest BCUT2D eigenvalue weighted by molar-refractivity contribution is 6.00. The number of carbonyl (C=O) groups is 2. The number of benzene rings is 3. The molecule has 1 amide bonds. The van der Waals surface area contributed by atoms with Crippen molar-refractivity contribution >= 4 is 22.6 Å². The number of carboxylic acids is 1. The first kappa shape index (κ1) is 27.8. The molecule has 40 heavy (non-hydrogen) atoms. The predicted octanol–water partition coefficient (Wildman–Crippen LogP) is 7.47. The standard InChI is InChI=1S/C29H25F6NO4/c30-28(31,32)19-6-8-20(9-7-19)40-24-12-5-16-13-17(3-10-21(16)25(24)29(33,34)35)26(37)36-23-11-4-15-1-2-18(27(38)39)14-22(15)23/h1-3,5,10,12-14,19-20,23H,4,6-9,11H2,(H,36,37)(H,38,39). The summed E-state index contributed by atoms with van der Waals surface area (Å²) in [6, 6.07) is 10.6. The van der Waals surface area contributed by atoms with E-state index in [9.17, 15) is 41.0 Å². The normalized spacial score (nSPS) is 21.2. The summed E-state index contributed by atoms with van der Waals surface area (Å²) in [4.78, 5) is 24.4. The highest BCUT2D eigenvalue weighted by Crippen LogP contribution is 2.44. The van der Waals surface area contributed by atoms with Gasteiger partial charge in [-0.2, -0.15) is 26.3 Å². The number of hydrogen-bond acceptors (Lipinski definition) is 3. The maximum absolute atomic E-state index is 14.2. The molecule has 3 aromatic carbocycles. The molecule has 3 aromatic rings. The molecule has 0 aromatic heterocycles. The van der Waals surface area contributed by atoms with Crippen molar-refractivity contribution in [3.05, 3.63) is 76.3 Å². The van der Waals surface area contributed by atoms with E-state index in [-0.39, 0.29) is 47.6 Å². The molecule has 212 valence electrons. The lowest BCUT2D eigenvalue weighted by Crippen LogP contribution is -2.32. The SMILES string of the molecule is O=C(O)c1ccc2c(c1)C(NC(=O)c1ccc3c(C(F)(F)F)c(OC4CCC(C(F)(F)F)CC4)ccc3c1)CC2. The van der Waals surface area contributed by atoms with Gasteiger partial charge in [-0.1, -0.05) is 18.2 Å². The van der Waals surface area contributed by atoms with E-state index in [0.717, 1.165) is 11.6 Å². The Balaban J connectivity index is 1.37. The number of halogens is 6. The van der Waals surface area contributed by atoms with Crippen LogP contribution < -0.4 is 10.1 Å². The summed E-state index contributed by atoms with van der Waals surface area (Å²) in [6.45, 7) is 0. The molecule has 11 heteroatoms. The molecule has 0 aliphatic heterocycles. The third-order valence-corrected chi connectivity index (χ3v) is 7.73. The molecule has 0 saturated heterocycles. The van der Waals surface area contributed by atoms with Crippen molar-refractivity contribution in [2.75, 3.05) is 0 Å². The summed E-state index contributed by atoms with van der Waals surface area (Å²) in [7, 11) is 0. The van der Waals surface area contributed by atoms with E-state index >= 15 is 0 Å². The van der Waals surface area contributed by atoms with Crippen molar-refractivity contribution in [2.24, 2.45) is 5.92 Å². The monoisotopic (exact) mass is 565 g/mol. The van der Waals surface area contributed by atoms with Gasteiger partial charge in [-0.05, 0) is 90.8 Å². The topological polar surface area (TPSA) is 75.6 Å². The summed E-state index contributed by atoms with van der Waals surface area (Å²) in [6.07, 6.45) is -9.12. The van der Waals surface area contributed by atoms with Gasteiger partial charge >= 0.3 is 18.3 Å². The minimum atomic E-state index is -4.81. The minimum absolute atomic E-state index is 0.00310. The van der Waals surface area contributed by atoms with E-state index in [1.54, 1.807) is 6.07 Å². The molecule has 1 atom stereocenters. The molecule has 0 heterocycles. The zero-order chi connectivity index (χ0) is 28.8. The van der Waals surface area contributed by atoms with Crippen LogP contribution in [0.4, 0.5) is 26.3 Å². The van der Waals surface area contributed by atoms with Crippen LogP contribution in [0, 0.1) is 5.92 Å². The van der Waals surface area contributed by atoms with E-state index in [0.29, 0.717) is 18.4 Å². The largest absolute Gasteiger partial charge is 0.490 e. The van der Waals surface area contributed by atoms with Crippen LogP contribution in [-0.4, -0.2) is 29.3 Å². The number of ether oxygens (including phenoxy) is 1. The predicted molar refractivity (Wildman–Crippen MR) is 133 cm³/mol. The zero-order valence-corrected chi connectivity index (χ0v) is 21.0. The molecule has 0 spiro atoms. The number of aryl methyl sites for hydroxylation is 1. The molecule has 0 bridgehead atoms. The van der Waals surface area contributed by atoms with Crippen LogP contribution in [0.15, 0.2) is 48.5 Å². The Bertz CT molecular complexity index is 1460. The van der Waals surface area contributed by atoms with Gasteiger partial charge in [0, 0.05) is 5.56 Å². The van der Waals surface area contributed by atoms with Crippen molar-refractivity contribution in [3.63, 3.8) is 0 Å². The van der Waals surface area contributed by atoms with Gasteiger partial charge in [0.05, 0.1) is 23.6 Å². The number of fused-ring (bicyclic) bond motifs is 2. The summed E-state index contributed by atoms with van der Waals surface area (Å²) in [5, 5.41) is 12.1. The number of amides is 1. The first-order valence-corrected chi connectivity index (χ1v) is 12.9. The lowest BCUT2D eigenvalue weighted by molar-refractivity contribution is -0.185. The first-order chi connectivity index (χ1) is 18.8. The summed E-state index contributed by atoms with van der Waals surface area (Å²) >= 11 is 0. The maximum Gasteiger partial charge on any atom is 0.420 e. The Morgan fingerprint density at radius 2 is 1.55 bits per heavy atom. The second-order valence-corrected chi connectivity index (χ2v) is 10.3. The minimum Gasteiger partial charge on any atom is -0.490 e. The fraction of sp³-hybridized carbons (Fsp3) is 0.379. The zero-order valence-electron chi connectivity index (χ0n) is 21.0. The van der Waals surface area contributed by atoms with Crippen LogP contribution in [0.1, 0.15) is 75.6 Å². The van der Waals surface area contributed by atoms with Crippen molar-refractivity contribution in [1.29, 1.82) is 0 Å². The van der Waals surface area contributed by atoms with Crippen LogP contribution in [0.25, 0.3) is 10.8 Å². The molecule has 2 N–H and O–H groups in total. The van der Waals surface area contributed by atoms with Crippen LogP contribution in [0.3, 0.4) is 0 Å². The highest BCUT2D eigenvalue weighted by Gasteiger charge is 2.43. The lowest BCUT2D eigenvalue weighted by atomic mass is 9.87. The van der Waals surface area contributed by atoms with Crippen molar-refractivity contribution < 1.29 is 45.8 Å². The molecular formula is C29H25F6NO4. The maximum atomic E-state index is 14.2. The lowest BCUT2D eigenvalue weighted by Gasteiger charge is -2.31. The number of nitrogens with one attached hydrogen (secondary N) is 1. The van der Waals surface area contributed by atoms with Crippen molar-refractivity contribution in [3.8, 4) is 5.75 Å². The summed E-state index contributed by atoms with van der Waals surface area (Å²) in [5.41, 5.74) is 0.794. The van der Waals surface area contributed by atoms with Crippen molar-refractivity contribution in [1.82, 2.24) is 5.32 Å². The Hall–Kier alpha value is -3.76. The van der Waals surface area contributed by atoms with Gasteiger partial charge < -0.3 is 15.2 Å². The summed E-state index contributed by atoms with van der Waals surface area (Å²) < 4.78 is 87.0. The van der Waals surface area contributed by atoms with Gasteiger partial charge in [-0.25, -0.2) is 4.79 Å². The molecule has 5 nitrogen and oxygen atoms in total. The van der Waals surface area contributed by atoms with E-state index in [4.69, 9.17) is 4.74 Å². The van der Waals surface area contributed by atoms with Gasteiger partial charge in [0.1, 0.15) is 11.3 Å². The van der Waals surface area contributed by atoms with Gasteiger partial charge in [0.15, 0.2) is 0 Å². The Kier molecular flexibility index (Phi) is 7.18. The second kappa shape index (κ2) is 10.3. The fourth-order valence-corrected chi connectivity index (χ4v) is 5.66. The average Bonchev–Trinajstić information content (AvgIpc) is 3.29. The molecule has 2 aliphatic carbocycles. The average molecular weight is 566 g/mol. The Labute approximate surface area is 225 Å². The third kappa shape index (κ3) is 5.59. The highest BCUT2D eigenvalue weighted by atomic mass is 19.4. The van der Waals surface area contributed by atoms with E-state index < -0.39 is 53.6 Å². The molecule has 5 rings (SSSR count). The number of rotatable bonds is 5. The Morgan fingerprint density at radius 3 is 2.20 bits per heavy atom. The van der Waals surface area contributed by atoms with Crippen molar-refractivity contribution in [2.45, 2.75) is 63.0 Å². The summed E-state index contributed by atoms with van der Waals surface area (Å²) in [5.74, 6) is -3.54. The molecule has 1 fully saturated rings. The quantitative estimate of drug-likeness (QED) is 0.315. The number of aromatic carboxylic acids is 1. The van der Waals surface area contributed by atoms with Crippen LogP contribution >= 0.6 is 0 Å². The van der Waals surface area contributed by atoms with Crippen LogP contribution in [0.2, 0.25) is 0 Å². The molecular weight excluding hydrogens is 540 g/mol. The fourth-order valence-electron chi connectivity index (χ4n) is 5.66. The number of hydrogen-bond donors (Lipinski definition) is 2. The molecule has 2 aliphatic rings. The van der Waals surface area contributed by atoms with Gasteiger partial charge in [-0.3, -0.25) is 4.79 Å². The molecule has 0 radical (unpaired) electrons. The molecule has 1 saturated carbocycles. The number of alkyl halides is 6. The third-order valence-electron chi connectivity index (χ3n) is 7.73. The Morgan fingerprint density at radius 1 is 0.850 bits per heavy atom. The van der Waals surface area contributed by atoms with Crippen LogP contribution in [0.5, 0.6) is 5.75 Å². The second-order valence-electron chi connectivity index (χ2n) is 10.3. The smallest absolute Gasteiger partial charge is 0.420 e. The number of carboxylic acid groups (broad SMARTS) is 1. The van der Waals surface area contributed by atoms with Gasteiger partial charge in [0.2, 0.25) is 0 Å². The van der Waals surface area contributed by atoms with E-state index in [2.05, 4.69) is 5.32 Å². The van der Waals surface area contributed by atoms with E-state index in [1.165, 1.54) is 36.4 Å². The van der Waals surface area contributed by atoms with Gasteiger partial charge in [0.25, 0.3) is 5.91 Å². The first-order valence-electron chi connectivity index (χ1n) is 12.9. The number of carbonyl (C=O) groups excluding carboxylic acids is 1.